The monoisotopic (exact) mass is 396 g/mol. The van der Waals surface area contributed by atoms with Gasteiger partial charge in [-0.15, -0.1) is 0 Å². The molecule has 0 aliphatic rings. The molecular formula is C24H20N4O2. The minimum absolute atomic E-state index is 0.176. The number of aromatic nitrogens is 3. The smallest absolute Gasteiger partial charge is 0.272 e. The maximum atomic E-state index is 13.1. The van der Waals surface area contributed by atoms with E-state index in [0.29, 0.717) is 17.8 Å². The lowest BCUT2D eigenvalue weighted by molar-refractivity contribution is 0.101. The summed E-state index contributed by atoms with van der Waals surface area (Å²) in [5, 5.41) is 3.00. The van der Waals surface area contributed by atoms with Crippen molar-refractivity contribution in [2.45, 2.75) is 13.5 Å². The highest BCUT2D eigenvalue weighted by molar-refractivity contribution is 6.05. The van der Waals surface area contributed by atoms with Crippen LogP contribution in [0, 0.1) is 6.92 Å². The molecule has 5 aromatic rings. The fourth-order valence-corrected chi connectivity index (χ4v) is 3.62. The van der Waals surface area contributed by atoms with Crippen LogP contribution in [0.5, 0.6) is 0 Å². The molecule has 0 aliphatic heterocycles. The van der Waals surface area contributed by atoms with E-state index in [2.05, 4.69) is 29.4 Å². The van der Waals surface area contributed by atoms with Gasteiger partial charge >= 0.3 is 0 Å². The normalized spacial score (nSPS) is 11.1. The van der Waals surface area contributed by atoms with E-state index in [0.717, 1.165) is 22.5 Å². The molecule has 0 spiro atoms. The lowest BCUT2D eigenvalue weighted by Crippen LogP contribution is -2.17. The predicted octanol–water partition coefficient (Wildman–Crippen LogP) is 5.03. The van der Waals surface area contributed by atoms with Gasteiger partial charge in [0.2, 0.25) is 0 Å². The zero-order valence-corrected chi connectivity index (χ0v) is 16.4. The summed E-state index contributed by atoms with van der Waals surface area (Å²) in [4.78, 5) is 17.2. The maximum Gasteiger partial charge on any atom is 0.272 e. The molecule has 2 aromatic carbocycles. The van der Waals surface area contributed by atoms with Gasteiger partial charge < -0.3 is 18.9 Å². The van der Waals surface area contributed by atoms with Crippen molar-refractivity contribution in [3.05, 3.63) is 102 Å². The number of fused-ring (bicyclic) bond motifs is 1. The molecule has 0 fully saturated rings. The number of anilines is 1. The first-order chi connectivity index (χ1) is 14.7. The maximum absolute atomic E-state index is 13.1. The quantitative estimate of drug-likeness (QED) is 0.453. The lowest BCUT2D eigenvalue weighted by atomic mass is 10.1. The van der Waals surface area contributed by atoms with Crippen molar-refractivity contribution in [1.29, 1.82) is 0 Å². The van der Waals surface area contributed by atoms with Crippen molar-refractivity contribution in [1.82, 2.24) is 14.1 Å². The molecule has 30 heavy (non-hydrogen) atoms. The van der Waals surface area contributed by atoms with E-state index in [1.54, 1.807) is 24.9 Å². The minimum atomic E-state index is -0.176. The summed E-state index contributed by atoms with van der Waals surface area (Å²) in [6, 6.07) is 19.5. The second kappa shape index (κ2) is 7.40. The third-order valence-corrected chi connectivity index (χ3v) is 5.27. The molecule has 3 aromatic heterocycles. The summed E-state index contributed by atoms with van der Waals surface area (Å²) >= 11 is 0. The zero-order chi connectivity index (χ0) is 20.5. The topological polar surface area (TPSA) is 65.0 Å². The van der Waals surface area contributed by atoms with Crippen LogP contribution < -0.4 is 5.32 Å². The highest BCUT2D eigenvalue weighted by Crippen LogP contribution is 2.24. The Morgan fingerprint density at radius 2 is 1.93 bits per heavy atom. The Morgan fingerprint density at radius 1 is 1.10 bits per heavy atom. The number of hydrogen-bond acceptors (Lipinski definition) is 3. The van der Waals surface area contributed by atoms with Crippen LogP contribution in [-0.4, -0.2) is 20.0 Å². The first-order valence-electron chi connectivity index (χ1n) is 9.70. The first kappa shape index (κ1) is 18.0. The molecule has 0 saturated carbocycles. The van der Waals surface area contributed by atoms with Crippen LogP contribution in [-0.2, 0) is 6.54 Å². The average molecular weight is 396 g/mol. The van der Waals surface area contributed by atoms with E-state index in [4.69, 9.17) is 4.42 Å². The number of benzene rings is 2. The standard InChI is InChI=1S/C24H20N4O2/c1-17-4-2-3-5-18(17)15-28-21-10-13-30-23(21)14-22(28)24(29)26-19-6-8-20(9-7-19)27-12-11-25-16-27/h2-14,16H,15H2,1H3,(H,26,29). The van der Waals surface area contributed by atoms with E-state index in [-0.39, 0.29) is 5.91 Å². The molecule has 6 nitrogen and oxygen atoms in total. The Labute approximate surface area is 173 Å². The van der Waals surface area contributed by atoms with Crippen LogP contribution in [0.1, 0.15) is 21.6 Å². The van der Waals surface area contributed by atoms with Crippen LogP contribution in [0.2, 0.25) is 0 Å². The van der Waals surface area contributed by atoms with Crippen LogP contribution in [0.4, 0.5) is 5.69 Å². The molecule has 0 radical (unpaired) electrons. The number of hydrogen-bond donors (Lipinski definition) is 1. The summed E-state index contributed by atoms with van der Waals surface area (Å²) in [5.74, 6) is -0.176. The molecular weight excluding hydrogens is 376 g/mol. The molecule has 148 valence electrons. The van der Waals surface area contributed by atoms with Gasteiger partial charge in [0.05, 0.1) is 18.1 Å². The van der Waals surface area contributed by atoms with E-state index in [1.165, 1.54) is 5.56 Å². The highest BCUT2D eigenvalue weighted by atomic mass is 16.3. The number of furan rings is 1. The van der Waals surface area contributed by atoms with Crippen molar-refractivity contribution in [2.24, 2.45) is 0 Å². The van der Waals surface area contributed by atoms with E-state index >= 15 is 0 Å². The van der Waals surface area contributed by atoms with Gasteiger partial charge in [0.1, 0.15) is 5.69 Å². The molecule has 3 heterocycles. The fourth-order valence-electron chi connectivity index (χ4n) is 3.62. The fraction of sp³-hybridized carbons (Fsp3) is 0.0833. The molecule has 0 atom stereocenters. The average Bonchev–Trinajstić information content (AvgIpc) is 3.49. The predicted molar refractivity (Wildman–Crippen MR) is 116 cm³/mol. The number of carbonyl (C=O) groups excluding carboxylic acids is 1. The van der Waals surface area contributed by atoms with Gasteiger partial charge in [-0.3, -0.25) is 4.79 Å². The van der Waals surface area contributed by atoms with Gasteiger partial charge in [-0.25, -0.2) is 4.98 Å². The van der Waals surface area contributed by atoms with Crippen molar-refractivity contribution >= 4 is 22.7 Å². The van der Waals surface area contributed by atoms with E-state index in [1.807, 2.05) is 57.8 Å². The number of nitrogens with zero attached hydrogens (tertiary/aromatic N) is 3. The molecule has 0 saturated heterocycles. The number of aryl methyl sites for hydroxylation is 1. The first-order valence-corrected chi connectivity index (χ1v) is 9.70. The minimum Gasteiger partial charge on any atom is -0.463 e. The lowest BCUT2D eigenvalue weighted by Gasteiger charge is -2.12. The Bertz CT molecular complexity index is 1310. The van der Waals surface area contributed by atoms with Gasteiger partial charge in [-0.05, 0) is 42.3 Å². The third-order valence-electron chi connectivity index (χ3n) is 5.27. The second-order valence-corrected chi connectivity index (χ2v) is 7.18. The van der Waals surface area contributed by atoms with Crippen molar-refractivity contribution in [3.8, 4) is 5.69 Å². The summed E-state index contributed by atoms with van der Waals surface area (Å²) in [7, 11) is 0. The van der Waals surface area contributed by atoms with Crippen molar-refractivity contribution in [3.63, 3.8) is 0 Å². The largest absolute Gasteiger partial charge is 0.463 e. The van der Waals surface area contributed by atoms with Crippen LogP contribution in [0.15, 0.2) is 90.1 Å². The molecule has 1 amide bonds. The third kappa shape index (κ3) is 3.28. The second-order valence-electron chi connectivity index (χ2n) is 7.18. The van der Waals surface area contributed by atoms with Gasteiger partial charge in [-0.2, -0.15) is 0 Å². The van der Waals surface area contributed by atoms with Crippen molar-refractivity contribution in [2.75, 3.05) is 5.32 Å². The number of carbonyl (C=O) groups is 1. The summed E-state index contributed by atoms with van der Waals surface area (Å²) in [5.41, 5.74) is 6.21. The van der Waals surface area contributed by atoms with E-state index in [9.17, 15) is 4.79 Å². The number of imidazole rings is 1. The molecule has 0 bridgehead atoms. The Balaban J connectivity index is 1.43. The molecule has 0 aliphatic carbocycles. The number of amides is 1. The zero-order valence-electron chi connectivity index (χ0n) is 16.4. The van der Waals surface area contributed by atoms with Gasteiger partial charge in [0.25, 0.3) is 5.91 Å². The molecule has 6 heteroatoms. The molecule has 5 rings (SSSR count). The SMILES string of the molecule is Cc1ccccc1Cn1c(C(=O)Nc2ccc(-n3ccnc3)cc2)cc2occc21. The number of rotatable bonds is 5. The Kier molecular flexibility index (Phi) is 4.44. The van der Waals surface area contributed by atoms with E-state index < -0.39 is 0 Å². The van der Waals surface area contributed by atoms with Crippen molar-refractivity contribution < 1.29 is 9.21 Å². The summed E-state index contributed by atoms with van der Waals surface area (Å²) in [6.45, 7) is 2.67. The van der Waals surface area contributed by atoms with Crippen LogP contribution in [0.25, 0.3) is 16.8 Å². The van der Waals surface area contributed by atoms with Crippen LogP contribution >= 0.6 is 0 Å². The Hall–Kier alpha value is -4.06. The summed E-state index contributed by atoms with van der Waals surface area (Å²) in [6.07, 6.45) is 6.99. The highest BCUT2D eigenvalue weighted by Gasteiger charge is 2.18. The van der Waals surface area contributed by atoms with Crippen LogP contribution in [0.3, 0.4) is 0 Å². The van der Waals surface area contributed by atoms with Gasteiger partial charge in [0, 0.05) is 42.4 Å². The Morgan fingerprint density at radius 3 is 2.70 bits per heavy atom. The molecule has 0 unspecified atom stereocenters. The summed E-state index contributed by atoms with van der Waals surface area (Å²) < 4.78 is 9.46. The number of nitrogens with one attached hydrogen (secondary N) is 1. The van der Waals surface area contributed by atoms with Gasteiger partial charge in [-0.1, -0.05) is 24.3 Å². The molecule has 1 N–H and O–H groups in total. The van der Waals surface area contributed by atoms with Gasteiger partial charge in [0.15, 0.2) is 5.58 Å².